The highest BCUT2D eigenvalue weighted by Crippen LogP contribution is 2.26. The van der Waals surface area contributed by atoms with E-state index >= 15 is 0 Å². The van der Waals surface area contributed by atoms with Crippen LogP contribution < -0.4 is 0 Å². The largest absolute Gasteiger partial charge is 0.396 e. The molecule has 96 valence electrons. The van der Waals surface area contributed by atoms with E-state index in [1.807, 2.05) is 12.3 Å². The first-order valence-corrected chi connectivity index (χ1v) is 7.09. The van der Waals surface area contributed by atoms with Crippen molar-refractivity contribution in [3.63, 3.8) is 0 Å². The number of aromatic nitrogens is 2. The number of aliphatic hydroxyl groups excluding tert-OH is 1. The van der Waals surface area contributed by atoms with E-state index in [-0.39, 0.29) is 6.61 Å². The predicted octanol–water partition coefficient (Wildman–Crippen LogP) is 3.08. The summed E-state index contributed by atoms with van der Waals surface area (Å²) in [5.41, 5.74) is 2.48. The van der Waals surface area contributed by atoms with Crippen LogP contribution in [0.1, 0.15) is 25.3 Å². The van der Waals surface area contributed by atoms with Gasteiger partial charge in [-0.05, 0) is 17.5 Å². The van der Waals surface area contributed by atoms with E-state index in [1.54, 1.807) is 18.0 Å². The Morgan fingerprint density at radius 2 is 2.11 bits per heavy atom. The Kier molecular flexibility index (Phi) is 4.44. The summed E-state index contributed by atoms with van der Waals surface area (Å²) in [5, 5.41) is 9.84. The molecule has 0 aliphatic carbocycles. The highest BCUT2D eigenvalue weighted by molar-refractivity contribution is 7.99. The molecule has 2 aromatic rings. The molecule has 0 aliphatic rings. The predicted molar refractivity (Wildman–Crippen MR) is 75.5 cm³/mol. The van der Waals surface area contributed by atoms with E-state index in [0.29, 0.717) is 11.7 Å². The Hall–Kier alpha value is -1.26. The van der Waals surface area contributed by atoms with Gasteiger partial charge in [0, 0.05) is 18.1 Å². The topological polar surface area (TPSA) is 38.0 Å². The molecule has 1 heterocycles. The molecule has 0 aliphatic heterocycles. The Labute approximate surface area is 112 Å². The molecule has 0 radical (unpaired) electrons. The maximum atomic E-state index is 8.91. The Balaban J connectivity index is 2.39. The Bertz CT molecular complexity index is 508. The molecule has 0 fully saturated rings. The van der Waals surface area contributed by atoms with Gasteiger partial charge in [0.15, 0.2) is 5.16 Å². The molecule has 0 spiro atoms. The van der Waals surface area contributed by atoms with Gasteiger partial charge in [-0.2, -0.15) is 0 Å². The average molecular weight is 262 g/mol. The lowest BCUT2D eigenvalue weighted by Gasteiger charge is -2.15. The molecule has 0 amide bonds. The van der Waals surface area contributed by atoms with Crippen molar-refractivity contribution in [2.75, 3.05) is 12.4 Å². The third kappa shape index (κ3) is 2.76. The minimum Gasteiger partial charge on any atom is -0.396 e. The van der Waals surface area contributed by atoms with Gasteiger partial charge in [-0.3, -0.25) is 4.57 Å². The number of thioether (sulfide) groups is 1. The molecule has 0 saturated carbocycles. The molecule has 1 N–H and O–H groups in total. The van der Waals surface area contributed by atoms with Crippen molar-refractivity contribution in [2.45, 2.75) is 24.9 Å². The van der Waals surface area contributed by atoms with Crippen LogP contribution in [0.4, 0.5) is 0 Å². The molecule has 3 nitrogen and oxygen atoms in total. The zero-order chi connectivity index (χ0) is 13.0. The first-order chi connectivity index (χ1) is 8.74. The van der Waals surface area contributed by atoms with Crippen molar-refractivity contribution >= 4 is 11.8 Å². The highest BCUT2D eigenvalue weighted by atomic mass is 32.2. The summed E-state index contributed by atoms with van der Waals surface area (Å²) in [5.74, 6) is 1.14. The number of rotatable bonds is 5. The highest BCUT2D eigenvalue weighted by Gasteiger charge is 2.11. The van der Waals surface area contributed by atoms with Gasteiger partial charge >= 0.3 is 0 Å². The lowest BCUT2D eigenvalue weighted by atomic mass is 10.0. The smallest absolute Gasteiger partial charge is 0.172 e. The van der Waals surface area contributed by atoms with Crippen LogP contribution in [-0.4, -0.2) is 27.0 Å². The first-order valence-electron chi connectivity index (χ1n) is 6.10. The fourth-order valence-corrected chi connectivity index (χ4v) is 2.62. The number of hydrogen-bond donors (Lipinski definition) is 1. The summed E-state index contributed by atoms with van der Waals surface area (Å²) in [4.78, 5) is 4.35. The molecule has 1 aromatic heterocycles. The van der Waals surface area contributed by atoms with Crippen molar-refractivity contribution in [2.24, 2.45) is 0 Å². The van der Waals surface area contributed by atoms with Crippen LogP contribution in [0.15, 0.2) is 41.8 Å². The summed E-state index contributed by atoms with van der Waals surface area (Å²) < 4.78 is 2.09. The lowest BCUT2D eigenvalue weighted by Crippen LogP contribution is -2.02. The summed E-state index contributed by atoms with van der Waals surface area (Å²) in [6.07, 6.45) is 3.78. The van der Waals surface area contributed by atoms with Crippen LogP contribution in [-0.2, 0) is 0 Å². The number of nitrogens with zero attached hydrogens (tertiary/aromatic N) is 2. The van der Waals surface area contributed by atoms with Crippen LogP contribution in [0, 0.1) is 0 Å². The normalized spacial score (nSPS) is 11.1. The molecule has 0 unspecified atom stereocenters. The van der Waals surface area contributed by atoms with Gasteiger partial charge in [-0.15, -0.1) is 0 Å². The van der Waals surface area contributed by atoms with E-state index in [0.717, 1.165) is 5.16 Å². The molecular formula is C14H18N2OS. The first kappa shape index (κ1) is 13.2. The van der Waals surface area contributed by atoms with Crippen molar-refractivity contribution in [1.82, 2.24) is 9.55 Å². The molecule has 4 heteroatoms. The third-order valence-electron chi connectivity index (χ3n) is 2.75. The van der Waals surface area contributed by atoms with Gasteiger partial charge in [0.1, 0.15) is 0 Å². The standard InChI is InChI=1S/C14H18N2OS/c1-11(2)12-5-3-4-6-13(12)16-8-7-15-14(16)18-10-9-17/h3-8,11,17H,9-10H2,1-2H3. The zero-order valence-corrected chi connectivity index (χ0v) is 11.5. The maximum Gasteiger partial charge on any atom is 0.172 e. The van der Waals surface area contributed by atoms with Crippen LogP contribution in [0.25, 0.3) is 5.69 Å². The quantitative estimate of drug-likeness (QED) is 0.842. The molecule has 0 saturated heterocycles. The number of aliphatic hydroxyl groups is 1. The SMILES string of the molecule is CC(C)c1ccccc1-n1ccnc1SCCO. The monoisotopic (exact) mass is 262 g/mol. The van der Waals surface area contributed by atoms with E-state index in [4.69, 9.17) is 5.11 Å². The molecule has 0 bridgehead atoms. The molecule has 0 atom stereocenters. The van der Waals surface area contributed by atoms with Gasteiger partial charge in [0.25, 0.3) is 0 Å². The van der Waals surface area contributed by atoms with Crippen LogP contribution in [0.2, 0.25) is 0 Å². The zero-order valence-electron chi connectivity index (χ0n) is 10.7. The Morgan fingerprint density at radius 3 is 2.83 bits per heavy atom. The van der Waals surface area contributed by atoms with Gasteiger partial charge in [-0.1, -0.05) is 43.8 Å². The second-order valence-corrected chi connectivity index (χ2v) is 5.43. The van der Waals surface area contributed by atoms with Crippen molar-refractivity contribution < 1.29 is 5.11 Å². The van der Waals surface area contributed by atoms with Crippen molar-refractivity contribution in [3.8, 4) is 5.69 Å². The number of para-hydroxylation sites is 1. The lowest BCUT2D eigenvalue weighted by molar-refractivity contribution is 0.322. The van der Waals surface area contributed by atoms with Crippen molar-refractivity contribution in [3.05, 3.63) is 42.2 Å². The second-order valence-electron chi connectivity index (χ2n) is 4.37. The summed E-state index contributed by atoms with van der Waals surface area (Å²) in [7, 11) is 0. The van der Waals surface area contributed by atoms with Crippen LogP contribution in [0.5, 0.6) is 0 Å². The van der Waals surface area contributed by atoms with Crippen LogP contribution in [0.3, 0.4) is 0 Å². The van der Waals surface area contributed by atoms with E-state index in [9.17, 15) is 0 Å². The summed E-state index contributed by atoms with van der Waals surface area (Å²) in [6, 6.07) is 8.37. The average Bonchev–Trinajstić information content (AvgIpc) is 2.84. The second kappa shape index (κ2) is 6.07. The number of hydrogen-bond acceptors (Lipinski definition) is 3. The van der Waals surface area contributed by atoms with Gasteiger partial charge in [-0.25, -0.2) is 4.98 Å². The number of benzene rings is 1. The van der Waals surface area contributed by atoms with E-state index in [2.05, 4.69) is 41.6 Å². The minimum atomic E-state index is 0.170. The van der Waals surface area contributed by atoms with E-state index < -0.39 is 0 Å². The molecule has 2 rings (SSSR count). The fraction of sp³-hybridized carbons (Fsp3) is 0.357. The van der Waals surface area contributed by atoms with Crippen LogP contribution >= 0.6 is 11.8 Å². The third-order valence-corrected chi connectivity index (χ3v) is 3.69. The van der Waals surface area contributed by atoms with Gasteiger partial charge < -0.3 is 5.11 Å². The van der Waals surface area contributed by atoms with Crippen molar-refractivity contribution in [1.29, 1.82) is 0 Å². The Morgan fingerprint density at radius 1 is 1.33 bits per heavy atom. The van der Waals surface area contributed by atoms with Gasteiger partial charge in [0.2, 0.25) is 0 Å². The molecular weight excluding hydrogens is 244 g/mol. The van der Waals surface area contributed by atoms with Gasteiger partial charge in [0.05, 0.1) is 12.3 Å². The fourth-order valence-electron chi connectivity index (χ4n) is 1.91. The summed E-state index contributed by atoms with van der Waals surface area (Å²) in [6.45, 7) is 4.55. The maximum absolute atomic E-state index is 8.91. The summed E-state index contributed by atoms with van der Waals surface area (Å²) >= 11 is 1.57. The molecule has 1 aromatic carbocycles. The minimum absolute atomic E-state index is 0.170. The molecule has 18 heavy (non-hydrogen) atoms. The van der Waals surface area contributed by atoms with E-state index in [1.165, 1.54) is 11.3 Å². The number of imidazole rings is 1.